The Morgan fingerprint density at radius 2 is 1.86 bits per heavy atom. The van der Waals surface area contributed by atoms with Crippen LogP contribution in [0, 0.1) is 12.7 Å². The molecule has 0 bridgehead atoms. The molecule has 0 fully saturated rings. The predicted octanol–water partition coefficient (Wildman–Crippen LogP) is 4.70. The number of nitrogens with one attached hydrogen (secondary N) is 1. The molecule has 1 N–H and O–H groups in total. The Bertz CT molecular complexity index is 1150. The highest BCUT2D eigenvalue weighted by Gasteiger charge is 2.15. The van der Waals surface area contributed by atoms with E-state index in [-0.39, 0.29) is 11.7 Å². The smallest absolute Gasteiger partial charge is 0.256 e. The fourth-order valence-corrected chi connectivity index (χ4v) is 3.58. The van der Waals surface area contributed by atoms with E-state index in [2.05, 4.69) is 15.4 Å². The van der Waals surface area contributed by atoms with Crippen LogP contribution in [0.4, 0.5) is 10.2 Å². The van der Waals surface area contributed by atoms with E-state index in [0.29, 0.717) is 28.0 Å². The Balaban J connectivity index is 1.60. The quantitative estimate of drug-likeness (QED) is 0.520. The number of carbonyl (C=O) groups excluding carboxylic acids is 1. The molecule has 0 radical (unpaired) electrons. The lowest BCUT2D eigenvalue weighted by Gasteiger charge is -2.07. The third-order valence-electron chi connectivity index (χ3n) is 4.24. The Kier molecular flexibility index (Phi) is 5.09. The molecule has 4 rings (SSSR count). The highest BCUT2D eigenvalue weighted by molar-refractivity contribution is 7.12. The van der Waals surface area contributed by atoms with Crippen molar-refractivity contribution in [1.29, 1.82) is 0 Å². The van der Waals surface area contributed by atoms with Crippen LogP contribution in [0.3, 0.4) is 0 Å². The second kappa shape index (κ2) is 7.84. The van der Waals surface area contributed by atoms with E-state index in [1.165, 1.54) is 23.5 Å². The van der Waals surface area contributed by atoms with Crippen LogP contribution < -0.4 is 10.1 Å². The van der Waals surface area contributed by atoms with Gasteiger partial charge in [-0.05, 0) is 55.5 Å². The molecule has 0 unspecified atom stereocenters. The molecule has 0 atom stereocenters. The van der Waals surface area contributed by atoms with Crippen molar-refractivity contribution in [3.8, 4) is 22.1 Å². The summed E-state index contributed by atoms with van der Waals surface area (Å²) in [5.41, 5.74) is 2.77. The van der Waals surface area contributed by atoms with Crippen molar-refractivity contribution in [3.63, 3.8) is 0 Å². The average Bonchev–Trinajstić information content (AvgIpc) is 3.35. The minimum Gasteiger partial charge on any atom is -0.497 e. The molecule has 0 aliphatic rings. The highest BCUT2D eigenvalue weighted by atomic mass is 32.1. The molecule has 8 heteroatoms. The number of thiazole rings is 1. The van der Waals surface area contributed by atoms with Gasteiger partial charge in [-0.25, -0.2) is 9.37 Å². The summed E-state index contributed by atoms with van der Waals surface area (Å²) < 4.78 is 19.9. The summed E-state index contributed by atoms with van der Waals surface area (Å²) in [5.74, 6) is 0.640. The molecule has 146 valence electrons. The molecule has 0 aliphatic carbocycles. The van der Waals surface area contributed by atoms with Crippen LogP contribution in [0.1, 0.15) is 16.1 Å². The van der Waals surface area contributed by atoms with Crippen LogP contribution in [-0.2, 0) is 0 Å². The van der Waals surface area contributed by atoms with Gasteiger partial charge in [-0.15, -0.1) is 11.3 Å². The zero-order valence-electron chi connectivity index (χ0n) is 15.7. The number of anilines is 1. The number of hydrogen-bond donors (Lipinski definition) is 1. The third kappa shape index (κ3) is 4.02. The van der Waals surface area contributed by atoms with Crippen LogP contribution in [0.2, 0.25) is 0 Å². The number of halogens is 1. The number of carbonyl (C=O) groups is 1. The number of nitrogens with zero attached hydrogens (tertiary/aromatic N) is 3. The summed E-state index contributed by atoms with van der Waals surface area (Å²) in [7, 11) is 1.57. The summed E-state index contributed by atoms with van der Waals surface area (Å²) in [5, 5.41) is 9.79. The van der Waals surface area contributed by atoms with E-state index in [1.807, 2.05) is 12.3 Å². The maximum Gasteiger partial charge on any atom is 0.256 e. The molecular formula is C21H17FN4O2S. The Labute approximate surface area is 170 Å². The Morgan fingerprint density at radius 1 is 1.14 bits per heavy atom. The van der Waals surface area contributed by atoms with Crippen LogP contribution >= 0.6 is 11.3 Å². The van der Waals surface area contributed by atoms with E-state index >= 15 is 0 Å². The minimum atomic E-state index is -0.296. The van der Waals surface area contributed by atoms with E-state index in [0.717, 1.165) is 11.3 Å². The van der Waals surface area contributed by atoms with E-state index < -0.39 is 0 Å². The van der Waals surface area contributed by atoms with E-state index in [4.69, 9.17) is 4.74 Å². The SMILES string of the molecule is COc1ccc(C(=O)Nc2cc(C)nn2-c2nc(-c3ccc(F)cc3)cs2)cc1. The lowest BCUT2D eigenvalue weighted by Crippen LogP contribution is -2.15. The first kappa shape index (κ1) is 18.8. The van der Waals surface area contributed by atoms with Gasteiger partial charge < -0.3 is 10.1 Å². The largest absolute Gasteiger partial charge is 0.497 e. The zero-order chi connectivity index (χ0) is 20.4. The molecule has 2 aromatic heterocycles. The normalized spacial score (nSPS) is 10.7. The fraction of sp³-hybridized carbons (Fsp3) is 0.0952. The summed E-state index contributed by atoms with van der Waals surface area (Å²) in [6.07, 6.45) is 0. The molecule has 29 heavy (non-hydrogen) atoms. The summed E-state index contributed by atoms with van der Waals surface area (Å²) in [4.78, 5) is 17.2. The third-order valence-corrected chi connectivity index (χ3v) is 5.05. The number of aryl methyl sites for hydroxylation is 1. The van der Waals surface area contributed by atoms with Crippen molar-refractivity contribution in [2.75, 3.05) is 12.4 Å². The van der Waals surface area contributed by atoms with E-state index in [9.17, 15) is 9.18 Å². The molecule has 0 spiro atoms. The van der Waals surface area contributed by atoms with Gasteiger partial charge in [0.15, 0.2) is 0 Å². The number of hydrogen-bond acceptors (Lipinski definition) is 5. The lowest BCUT2D eigenvalue weighted by molar-refractivity contribution is 0.102. The molecule has 1 amide bonds. The first-order valence-corrected chi connectivity index (χ1v) is 9.65. The second-order valence-corrected chi connectivity index (χ2v) is 7.12. The Hall–Kier alpha value is -3.52. The number of ether oxygens (including phenoxy) is 1. The van der Waals surface area contributed by atoms with Gasteiger partial charge in [0, 0.05) is 22.6 Å². The zero-order valence-corrected chi connectivity index (χ0v) is 16.5. The van der Waals surface area contributed by atoms with Crippen molar-refractivity contribution >= 4 is 23.1 Å². The van der Waals surface area contributed by atoms with Gasteiger partial charge in [-0.3, -0.25) is 4.79 Å². The lowest BCUT2D eigenvalue weighted by atomic mass is 10.2. The van der Waals surface area contributed by atoms with Crippen molar-refractivity contribution in [3.05, 3.63) is 77.1 Å². The fourth-order valence-electron chi connectivity index (χ4n) is 2.78. The van der Waals surface area contributed by atoms with Gasteiger partial charge in [0.05, 0.1) is 18.5 Å². The summed E-state index contributed by atoms with van der Waals surface area (Å²) in [6.45, 7) is 1.84. The maximum absolute atomic E-state index is 13.2. The van der Waals surface area contributed by atoms with Crippen LogP contribution in [0.15, 0.2) is 60.0 Å². The maximum atomic E-state index is 13.2. The molecule has 2 aromatic carbocycles. The molecule has 2 heterocycles. The van der Waals surface area contributed by atoms with Gasteiger partial charge in [0.25, 0.3) is 5.91 Å². The van der Waals surface area contributed by atoms with Crippen LogP contribution in [-0.4, -0.2) is 27.8 Å². The standard InChI is InChI=1S/C21H17FN4O2S/c1-13-11-19(24-20(27)15-5-9-17(28-2)10-6-15)26(25-13)21-23-18(12-29-21)14-3-7-16(22)8-4-14/h3-12H,1-2H3,(H,24,27). The monoisotopic (exact) mass is 408 g/mol. The molecule has 6 nitrogen and oxygen atoms in total. The predicted molar refractivity (Wildman–Crippen MR) is 110 cm³/mol. The average molecular weight is 408 g/mol. The van der Waals surface area contributed by atoms with Gasteiger partial charge in [0.2, 0.25) is 5.13 Å². The van der Waals surface area contributed by atoms with Gasteiger partial charge in [-0.1, -0.05) is 0 Å². The Morgan fingerprint density at radius 3 is 2.55 bits per heavy atom. The highest BCUT2D eigenvalue weighted by Crippen LogP contribution is 2.27. The number of rotatable bonds is 5. The molecule has 4 aromatic rings. The molecule has 0 aliphatic heterocycles. The van der Waals surface area contributed by atoms with Crippen molar-refractivity contribution in [1.82, 2.24) is 14.8 Å². The van der Waals surface area contributed by atoms with Gasteiger partial charge in [-0.2, -0.15) is 9.78 Å². The number of aromatic nitrogens is 3. The first-order chi connectivity index (χ1) is 14.0. The van der Waals surface area contributed by atoms with Gasteiger partial charge >= 0.3 is 0 Å². The van der Waals surface area contributed by atoms with Crippen molar-refractivity contribution < 1.29 is 13.9 Å². The van der Waals surface area contributed by atoms with Gasteiger partial charge in [0.1, 0.15) is 17.4 Å². The summed E-state index contributed by atoms with van der Waals surface area (Å²) >= 11 is 1.38. The molecular weight excluding hydrogens is 391 g/mol. The number of benzene rings is 2. The van der Waals surface area contributed by atoms with E-state index in [1.54, 1.807) is 54.3 Å². The van der Waals surface area contributed by atoms with Crippen LogP contribution in [0.5, 0.6) is 5.75 Å². The topological polar surface area (TPSA) is 69.0 Å². The van der Waals surface area contributed by atoms with Crippen molar-refractivity contribution in [2.24, 2.45) is 0 Å². The van der Waals surface area contributed by atoms with Crippen molar-refractivity contribution in [2.45, 2.75) is 6.92 Å². The van der Waals surface area contributed by atoms with Crippen LogP contribution in [0.25, 0.3) is 16.4 Å². The summed E-state index contributed by atoms with van der Waals surface area (Å²) in [6, 6.07) is 14.8. The molecule has 0 saturated heterocycles. The first-order valence-electron chi connectivity index (χ1n) is 8.77. The number of amides is 1. The minimum absolute atomic E-state index is 0.260. The number of methoxy groups -OCH3 is 1. The second-order valence-electron chi connectivity index (χ2n) is 6.29. The molecule has 0 saturated carbocycles.